The predicted molar refractivity (Wildman–Crippen MR) is 142 cm³/mol. The molecule has 0 unspecified atom stereocenters. The molecule has 0 N–H and O–H groups in total. The standard InChI is InChI=1S/C29H17ClN2S/c30-20-9-10-22-24-14-18(7-11-26(24)32(27(22)16-20)21-4-3-13-31-17-21)19-8-12-29-25(15-19)23-5-1-2-6-28(23)33-29/h1-17H. The zero-order chi connectivity index (χ0) is 21.9. The Bertz CT molecular complexity index is 1830. The molecule has 0 spiro atoms. The van der Waals surface area contributed by atoms with Gasteiger partial charge in [-0.05, 0) is 65.7 Å². The van der Waals surface area contributed by atoms with E-state index in [4.69, 9.17) is 11.6 Å². The maximum Gasteiger partial charge on any atom is 0.0645 e. The van der Waals surface area contributed by atoms with Crippen molar-refractivity contribution >= 4 is 64.9 Å². The van der Waals surface area contributed by atoms with E-state index in [1.807, 2.05) is 35.7 Å². The molecule has 4 aromatic carbocycles. The number of nitrogens with zero attached hydrogens (tertiary/aromatic N) is 2. The number of benzene rings is 4. The highest BCUT2D eigenvalue weighted by Crippen LogP contribution is 2.39. The first kappa shape index (κ1) is 18.9. The number of hydrogen-bond acceptors (Lipinski definition) is 2. The molecule has 33 heavy (non-hydrogen) atoms. The molecule has 0 amide bonds. The van der Waals surface area contributed by atoms with Gasteiger partial charge in [-0.15, -0.1) is 11.3 Å². The van der Waals surface area contributed by atoms with Crippen LogP contribution in [0.5, 0.6) is 0 Å². The highest BCUT2D eigenvalue weighted by molar-refractivity contribution is 7.25. The molecule has 2 nitrogen and oxygen atoms in total. The van der Waals surface area contributed by atoms with E-state index in [-0.39, 0.29) is 0 Å². The van der Waals surface area contributed by atoms with Crippen LogP contribution in [0.15, 0.2) is 103 Å². The molecule has 0 aliphatic heterocycles. The fourth-order valence-electron chi connectivity index (χ4n) is 4.84. The monoisotopic (exact) mass is 460 g/mol. The Morgan fingerprint density at radius 2 is 1.45 bits per heavy atom. The van der Waals surface area contributed by atoms with Crippen LogP contribution in [0, 0.1) is 0 Å². The Balaban J connectivity index is 1.49. The van der Waals surface area contributed by atoms with Gasteiger partial charge in [0.1, 0.15) is 0 Å². The van der Waals surface area contributed by atoms with Crippen molar-refractivity contribution in [3.05, 3.63) is 108 Å². The Kier molecular flexibility index (Phi) is 4.10. The van der Waals surface area contributed by atoms with E-state index in [0.29, 0.717) is 0 Å². The predicted octanol–water partition coefficient (Wildman–Crippen LogP) is 8.87. The Morgan fingerprint density at radius 3 is 2.33 bits per heavy atom. The zero-order valence-electron chi connectivity index (χ0n) is 17.5. The topological polar surface area (TPSA) is 17.8 Å². The van der Waals surface area contributed by atoms with Crippen molar-refractivity contribution in [3.8, 4) is 16.8 Å². The van der Waals surface area contributed by atoms with Gasteiger partial charge in [0.15, 0.2) is 0 Å². The average molecular weight is 461 g/mol. The second-order valence-electron chi connectivity index (χ2n) is 8.25. The third-order valence-corrected chi connectivity index (χ3v) is 7.73. The lowest BCUT2D eigenvalue weighted by molar-refractivity contribution is 1.14. The van der Waals surface area contributed by atoms with E-state index >= 15 is 0 Å². The minimum Gasteiger partial charge on any atom is -0.308 e. The van der Waals surface area contributed by atoms with Crippen LogP contribution in [-0.4, -0.2) is 9.55 Å². The van der Waals surface area contributed by atoms with Crippen molar-refractivity contribution in [3.63, 3.8) is 0 Å². The highest BCUT2D eigenvalue weighted by atomic mass is 35.5. The fourth-order valence-corrected chi connectivity index (χ4v) is 6.10. The molecule has 3 aromatic heterocycles. The largest absolute Gasteiger partial charge is 0.308 e. The lowest BCUT2D eigenvalue weighted by atomic mass is 10.0. The number of rotatable bonds is 2. The molecule has 0 saturated heterocycles. The molecule has 0 aliphatic carbocycles. The number of pyridine rings is 1. The van der Waals surface area contributed by atoms with Gasteiger partial charge in [0.05, 0.1) is 22.9 Å². The molecular weight excluding hydrogens is 444 g/mol. The van der Waals surface area contributed by atoms with Crippen molar-refractivity contribution in [1.29, 1.82) is 0 Å². The third-order valence-electron chi connectivity index (χ3n) is 6.34. The summed E-state index contributed by atoms with van der Waals surface area (Å²) in [6.45, 7) is 0. The van der Waals surface area contributed by atoms with Crippen molar-refractivity contribution in [2.24, 2.45) is 0 Å². The minimum absolute atomic E-state index is 0.727. The van der Waals surface area contributed by atoms with E-state index in [2.05, 4.69) is 82.3 Å². The molecule has 0 atom stereocenters. The zero-order valence-corrected chi connectivity index (χ0v) is 19.1. The summed E-state index contributed by atoms with van der Waals surface area (Å²) in [5, 5.41) is 5.76. The van der Waals surface area contributed by atoms with Gasteiger partial charge in [0.2, 0.25) is 0 Å². The molecular formula is C29H17ClN2S. The third kappa shape index (κ3) is 2.90. The van der Waals surface area contributed by atoms with E-state index in [0.717, 1.165) is 21.7 Å². The van der Waals surface area contributed by atoms with Gasteiger partial charge >= 0.3 is 0 Å². The summed E-state index contributed by atoms with van der Waals surface area (Å²) >= 11 is 8.25. The molecule has 0 saturated carbocycles. The first-order valence-corrected chi connectivity index (χ1v) is 12.0. The Hall–Kier alpha value is -3.66. The average Bonchev–Trinajstić information content (AvgIpc) is 3.38. The van der Waals surface area contributed by atoms with E-state index in [9.17, 15) is 0 Å². The maximum atomic E-state index is 6.40. The van der Waals surface area contributed by atoms with Crippen molar-refractivity contribution in [1.82, 2.24) is 9.55 Å². The van der Waals surface area contributed by atoms with Crippen LogP contribution in [0.4, 0.5) is 0 Å². The van der Waals surface area contributed by atoms with Crippen LogP contribution < -0.4 is 0 Å². The molecule has 156 valence electrons. The molecule has 4 heteroatoms. The number of fused-ring (bicyclic) bond motifs is 6. The second kappa shape index (κ2) is 7.17. The lowest BCUT2D eigenvalue weighted by Crippen LogP contribution is -1.94. The molecule has 0 bridgehead atoms. The smallest absolute Gasteiger partial charge is 0.0645 e. The fraction of sp³-hybridized carbons (Fsp3) is 0. The van der Waals surface area contributed by atoms with Gasteiger partial charge in [0.25, 0.3) is 0 Å². The number of thiophene rings is 1. The van der Waals surface area contributed by atoms with Crippen molar-refractivity contribution in [2.45, 2.75) is 0 Å². The van der Waals surface area contributed by atoms with Gasteiger partial charge in [-0.3, -0.25) is 4.98 Å². The van der Waals surface area contributed by atoms with Gasteiger partial charge in [0, 0.05) is 42.2 Å². The van der Waals surface area contributed by atoms with E-state index in [1.54, 1.807) is 6.20 Å². The van der Waals surface area contributed by atoms with Gasteiger partial charge in [-0.2, -0.15) is 0 Å². The summed E-state index contributed by atoms with van der Waals surface area (Å²) in [4.78, 5) is 4.34. The van der Waals surface area contributed by atoms with Crippen LogP contribution in [0.2, 0.25) is 5.02 Å². The van der Waals surface area contributed by atoms with Gasteiger partial charge in [-0.25, -0.2) is 0 Å². The minimum atomic E-state index is 0.727. The first-order chi connectivity index (χ1) is 16.3. The van der Waals surface area contributed by atoms with E-state index in [1.165, 1.54) is 42.1 Å². The SMILES string of the molecule is Clc1ccc2c3cc(-c4ccc5sc6ccccc6c5c4)ccc3n(-c3cccnc3)c2c1. The normalized spacial score (nSPS) is 11.8. The Morgan fingerprint density at radius 1 is 0.636 bits per heavy atom. The molecule has 0 radical (unpaired) electrons. The first-order valence-electron chi connectivity index (χ1n) is 10.8. The van der Waals surface area contributed by atoms with Crippen molar-refractivity contribution < 1.29 is 0 Å². The van der Waals surface area contributed by atoms with Crippen LogP contribution in [0.25, 0.3) is 58.8 Å². The highest BCUT2D eigenvalue weighted by Gasteiger charge is 2.14. The number of aromatic nitrogens is 2. The van der Waals surface area contributed by atoms with Crippen molar-refractivity contribution in [2.75, 3.05) is 0 Å². The summed E-state index contributed by atoms with van der Waals surface area (Å²) in [6.07, 6.45) is 3.69. The lowest BCUT2D eigenvalue weighted by Gasteiger charge is -2.08. The quantitative estimate of drug-likeness (QED) is 0.252. The molecule has 0 aliphatic rings. The van der Waals surface area contributed by atoms with Crippen LogP contribution in [0.3, 0.4) is 0 Å². The van der Waals surface area contributed by atoms with Crippen LogP contribution in [0.1, 0.15) is 0 Å². The number of halogens is 1. The summed E-state index contributed by atoms with van der Waals surface area (Å²) in [5.74, 6) is 0. The maximum absolute atomic E-state index is 6.40. The van der Waals surface area contributed by atoms with E-state index < -0.39 is 0 Å². The summed E-state index contributed by atoms with van der Waals surface area (Å²) in [5.41, 5.74) is 5.69. The second-order valence-corrected chi connectivity index (χ2v) is 9.77. The molecule has 0 fully saturated rings. The number of hydrogen-bond donors (Lipinski definition) is 0. The summed E-state index contributed by atoms with van der Waals surface area (Å²) in [7, 11) is 0. The molecule has 7 rings (SSSR count). The summed E-state index contributed by atoms with van der Waals surface area (Å²) < 4.78 is 4.89. The van der Waals surface area contributed by atoms with Crippen LogP contribution >= 0.6 is 22.9 Å². The van der Waals surface area contributed by atoms with Gasteiger partial charge in [-0.1, -0.05) is 48.0 Å². The Labute approximate surface area is 199 Å². The molecule has 3 heterocycles. The summed E-state index contributed by atoms with van der Waals surface area (Å²) in [6, 6.07) is 32.3. The van der Waals surface area contributed by atoms with Crippen LogP contribution in [-0.2, 0) is 0 Å². The molecule has 7 aromatic rings. The van der Waals surface area contributed by atoms with Gasteiger partial charge < -0.3 is 4.57 Å².